The van der Waals surface area contributed by atoms with Gasteiger partial charge in [0.1, 0.15) is 0 Å². The van der Waals surface area contributed by atoms with E-state index in [4.69, 9.17) is 16.7 Å². The number of benzene rings is 1. The summed E-state index contributed by atoms with van der Waals surface area (Å²) in [4.78, 5) is 10.9. The zero-order valence-corrected chi connectivity index (χ0v) is 8.12. The summed E-state index contributed by atoms with van der Waals surface area (Å²) in [6.45, 7) is 0. The summed E-state index contributed by atoms with van der Waals surface area (Å²) in [6.07, 6.45) is 1.52. The summed E-state index contributed by atoms with van der Waals surface area (Å²) < 4.78 is 1.59. The minimum Gasteiger partial charge on any atom is -0.478 e. The zero-order chi connectivity index (χ0) is 10.3. The van der Waals surface area contributed by atoms with Crippen molar-refractivity contribution in [2.75, 3.05) is 0 Å². The van der Waals surface area contributed by atoms with E-state index in [0.29, 0.717) is 10.4 Å². The molecule has 5 heteroatoms. The maximum absolute atomic E-state index is 10.9. The lowest BCUT2D eigenvalue weighted by atomic mass is 10.1. The molecule has 1 heterocycles. The largest absolute Gasteiger partial charge is 0.478 e. The maximum atomic E-state index is 10.9. The number of carboxylic acid groups (broad SMARTS) is 1. The summed E-state index contributed by atoms with van der Waals surface area (Å²) >= 11 is 5.79. The van der Waals surface area contributed by atoms with Crippen molar-refractivity contribution in [1.82, 2.24) is 9.78 Å². The smallest absolute Gasteiger partial charge is 0.336 e. The zero-order valence-electron chi connectivity index (χ0n) is 7.36. The third-order valence-electron chi connectivity index (χ3n) is 2.06. The van der Waals surface area contributed by atoms with E-state index in [0.717, 1.165) is 5.52 Å². The van der Waals surface area contributed by atoms with Crippen molar-refractivity contribution < 1.29 is 9.90 Å². The van der Waals surface area contributed by atoms with Crippen LogP contribution in [0.15, 0.2) is 18.3 Å². The minimum absolute atomic E-state index is 0.181. The van der Waals surface area contributed by atoms with E-state index in [9.17, 15) is 4.79 Å². The average molecular weight is 211 g/mol. The second kappa shape index (κ2) is 2.99. The normalized spacial score (nSPS) is 10.7. The molecule has 0 radical (unpaired) electrons. The number of aryl methyl sites for hydroxylation is 1. The van der Waals surface area contributed by atoms with E-state index in [2.05, 4.69) is 5.10 Å². The molecule has 0 spiro atoms. The highest BCUT2D eigenvalue weighted by Crippen LogP contribution is 2.23. The first-order valence-corrected chi connectivity index (χ1v) is 4.32. The van der Waals surface area contributed by atoms with Crippen molar-refractivity contribution in [3.63, 3.8) is 0 Å². The SMILES string of the molecule is Cn1ncc2c(C(=O)O)cc(Cl)cc21. The van der Waals surface area contributed by atoms with Gasteiger partial charge in [-0.05, 0) is 12.1 Å². The van der Waals surface area contributed by atoms with E-state index >= 15 is 0 Å². The fraction of sp³-hybridized carbons (Fsp3) is 0.111. The van der Waals surface area contributed by atoms with Gasteiger partial charge in [0, 0.05) is 17.5 Å². The van der Waals surface area contributed by atoms with Crippen molar-refractivity contribution in [3.8, 4) is 0 Å². The Morgan fingerprint density at radius 1 is 1.57 bits per heavy atom. The van der Waals surface area contributed by atoms with Gasteiger partial charge in [-0.25, -0.2) is 4.79 Å². The van der Waals surface area contributed by atoms with E-state index in [-0.39, 0.29) is 5.56 Å². The van der Waals surface area contributed by atoms with Gasteiger partial charge in [0.05, 0.1) is 17.3 Å². The highest BCUT2D eigenvalue weighted by Gasteiger charge is 2.12. The van der Waals surface area contributed by atoms with Crippen molar-refractivity contribution >= 4 is 28.5 Å². The summed E-state index contributed by atoms with van der Waals surface area (Å²) in [5.74, 6) is -0.995. The Labute approximate surface area is 84.7 Å². The molecule has 2 aromatic rings. The van der Waals surface area contributed by atoms with Crippen molar-refractivity contribution in [2.24, 2.45) is 7.05 Å². The van der Waals surface area contributed by atoms with Crippen LogP contribution in [0, 0.1) is 0 Å². The molecule has 0 saturated heterocycles. The number of aromatic nitrogens is 2. The Bertz CT molecular complexity index is 519. The lowest BCUT2D eigenvalue weighted by Crippen LogP contribution is -1.97. The second-order valence-corrected chi connectivity index (χ2v) is 3.40. The van der Waals surface area contributed by atoms with Crippen LogP contribution in [0.3, 0.4) is 0 Å². The molecule has 0 aliphatic heterocycles. The molecule has 0 fully saturated rings. The molecule has 0 aliphatic rings. The van der Waals surface area contributed by atoms with Crippen LogP contribution in [-0.2, 0) is 7.05 Å². The monoisotopic (exact) mass is 210 g/mol. The molecule has 0 amide bonds. The fourth-order valence-electron chi connectivity index (χ4n) is 1.39. The van der Waals surface area contributed by atoms with E-state index in [1.165, 1.54) is 12.3 Å². The molecular formula is C9H7ClN2O2. The van der Waals surface area contributed by atoms with Crippen LogP contribution in [0.4, 0.5) is 0 Å². The Kier molecular flexibility index (Phi) is 1.93. The van der Waals surface area contributed by atoms with E-state index in [1.54, 1.807) is 17.8 Å². The van der Waals surface area contributed by atoms with Crippen molar-refractivity contribution in [2.45, 2.75) is 0 Å². The van der Waals surface area contributed by atoms with Crippen LogP contribution in [0.5, 0.6) is 0 Å². The Hall–Kier alpha value is -1.55. The average Bonchev–Trinajstić information content (AvgIpc) is 2.47. The summed E-state index contributed by atoms with van der Waals surface area (Å²) in [6, 6.07) is 3.12. The lowest BCUT2D eigenvalue weighted by Gasteiger charge is -1.99. The highest BCUT2D eigenvalue weighted by molar-refractivity contribution is 6.32. The van der Waals surface area contributed by atoms with Crippen LogP contribution in [-0.4, -0.2) is 20.9 Å². The first-order valence-electron chi connectivity index (χ1n) is 3.94. The molecule has 4 nitrogen and oxygen atoms in total. The Morgan fingerprint density at radius 3 is 2.93 bits per heavy atom. The van der Waals surface area contributed by atoms with Crippen LogP contribution >= 0.6 is 11.6 Å². The molecule has 0 bridgehead atoms. The van der Waals surface area contributed by atoms with Crippen molar-refractivity contribution in [1.29, 1.82) is 0 Å². The van der Waals surface area contributed by atoms with Gasteiger partial charge in [0.2, 0.25) is 0 Å². The van der Waals surface area contributed by atoms with Gasteiger partial charge < -0.3 is 5.11 Å². The molecule has 1 aromatic carbocycles. The molecule has 0 unspecified atom stereocenters. The number of hydrogen-bond acceptors (Lipinski definition) is 2. The van der Waals surface area contributed by atoms with Gasteiger partial charge in [0.25, 0.3) is 0 Å². The number of fused-ring (bicyclic) bond motifs is 1. The molecule has 72 valence electrons. The van der Waals surface area contributed by atoms with Crippen molar-refractivity contribution in [3.05, 3.63) is 28.9 Å². The first-order chi connectivity index (χ1) is 6.59. The molecule has 0 atom stereocenters. The predicted octanol–water partition coefficient (Wildman–Crippen LogP) is 1.92. The minimum atomic E-state index is -0.995. The third kappa shape index (κ3) is 1.24. The first kappa shape index (κ1) is 9.02. The fourth-order valence-corrected chi connectivity index (χ4v) is 1.60. The molecular weight excluding hydrogens is 204 g/mol. The number of halogens is 1. The number of hydrogen-bond donors (Lipinski definition) is 1. The topological polar surface area (TPSA) is 55.1 Å². The standard InChI is InChI=1S/C9H7ClN2O2/c1-12-8-3-5(10)2-6(9(13)14)7(8)4-11-12/h2-4H,1H3,(H,13,14). The number of nitrogens with zero attached hydrogens (tertiary/aromatic N) is 2. The van der Waals surface area contributed by atoms with Gasteiger partial charge in [-0.15, -0.1) is 0 Å². The molecule has 1 aromatic heterocycles. The quantitative estimate of drug-likeness (QED) is 0.783. The lowest BCUT2D eigenvalue weighted by molar-refractivity contribution is 0.0699. The van der Waals surface area contributed by atoms with E-state index in [1.807, 2.05) is 0 Å². The molecule has 1 N–H and O–H groups in total. The number of carbonyl (C=O) groups is 1. The molecule has 0 saturated carbocycles. The van der Waals surface area contributed by atoms with Crippen LogP contribution in [0.2, 0.25) is 5.02 Å². The van der Waals surface area contributed by atoms with Gasteiger partial charge >= 0.3 is 5.97 Å². The summed E-state index contributed by atoms with van der Waals surface area (Å²) in [5.41, 5.74) is 0.899. The number of aromatic carboxylic acids is 1. The van der Waals surface area contributed by atoms with E-state index < -0.39 is 5.97 Å². The van der Waals surface area contributed by atoms with Gasteiger partial charge in [-0.2, -0.15) is 5.10 Å². The molecule has 14 heavy (non-hydrogen) atoms. The van der Waals surface area contributed by atoms with Crippen LogP contribution < -0.4 is 0 Å². The Balaban J connectivity index is 2.88. The van der Waals surface area contributed by atoms with Gasteiger partial charge in [-0.1, -0.05) is 11.6 Å². The van der Waals surface area contributed by atoms with Crippen LogP contribution in [0.1, 0.15) is 10.4 Å². The number of carboxylic acids is 1. The summed E-state index contributed by atoms with van der Waals surface area (Å²) in [5, 5.41) is 13.9. The second-order valence-electron chi connectivity index (χ2n) is 2.96. The van der Waals surface area contributed by atoms with Crippen LogP contribution in [0.25, 0.3) is 10.9 Å². The number of rotatable bonds is 1. The Morgan fingerprint density at radius 2 is 2.29 bits per heavy atom. The predicted molar refractivity (Wildman–Crippen MR) is 52.7 cm³/mol. The maximum Gasteiger partial charge on any atom is 0.336 e. The molecule has 2 rings (SSSR count). The highest BCUT2D eigenvalue weighted by atomic mass is 35.5. The molecule has 0 aliphatic carbocycles. The van der Waals surface area contributed by atoms with Gasteiger partial charge in [0.15, 0.2) is 0 Å². The third-order valence-corrected chi connectivity index (χ3v) is 2.28. The van der Waals surface area contributed by atoms with Gasteiger partial charge in [-0.3, -0.25) is 4.68 Å². The summed E-state index contributed by atoms with van der Waals surface area (Å²) in [7, 11) is 1.74.